The number of nitrogens with one attached hydrogen (secondary N) is 1. The first-order chi connectivity index (χ1) is 7.51. The molecule has 96 valence electrons. The molecule has 1 aliphatic carbocycles. The Balaban J connectivity index is 2.75. The largest absolute Gasteiger partial charge is 0.481 e. The zero-order valence-electron chi connectivity index (χ0n) is 10.4. The van der Waals surface area contributed by atoms with E-state index in [1.54, 1.807) is 13.8 Å². The van der Waals surface area contributed by atoms with Crippen LogP contribution in [0.4, 0.5) is 0 Å². The molecule has 0 aliphatic heterocycles. The van der Waals surface area contributed by atoms with Crippen LogP contribution in [0.2, 0.25) is 0 Å². The first-order valence-corrected chi connectivity index (χ1v) is 5.36. The van der Waals surface area contributed by atoms with Crippen LogP contribution in [0.1, 0.15) is 27.7 Å². The van der Waals surface area contributed by atoms with Gasteiger partial charge in [0.05, 0.1) is 11.8 Å². The number of rotatable bonds is 4. The molecule has 0 aromatic rings. The molecule has 1 fully saturated rings. The predicted molar refractivity (Wildman–Crippen MR) is 59.8 cm³/mol. The molecule has 4 N–H and O–H groups in total. The van der Waals surface area contributed by atoms with E-state index in [2.05, 4.69) is 5.32 Å². The molecule has 1 rings (SSSR count). The Hall–Kier alpha value is -1.59. The van der Waals surface area contributed by atoms with E-state index in [9.17, 15) is 14.4 Å². The molecule has 6 nitrogen and oxygen atoms in total. The SMILES string of the molecule is CC(C)(NC(=O)C1C(C(=O)O)C1(C)C)C(N)=O. The number of carboxylic acids is 1. The number of primary amides is 1. The van der Waals surface area contributed by atoms with Crippen LogP contribution in [0.15, 0.2) is 0 Å². The van der Waals surface area contributed by atoms with Crippen LogP contribution in [0.25, 0.3) is 0 Å². The average molecular weight is 242 g/mol. The molecule has 1 aliphatic rings. The number of carboxylic acid groups (broad SMARTS) is 1. The highest BCUT2D eigenvalue weighted by Gasteiger charge is 2.66. The van der Waals surface area contributed by atoms with Crippen LogP contribution in [-0.4, -0.2) is 28.4 Å². The fourth-order valence-electron chi connectivity index (χ4n) is 2.04. The summed E-state index contributed by atoms with van der Waals surface area (Å²) in [6.45, 7) is 6.40. The van der Waals surface area contributed by atoms with Crippen molar-refractivity contribution in [1.82, 2.24) is 5.32 Å². The fraction of sp³-hybridized carbons (Fsp3) is 0.727. The number of carbonyl (C=O) groups is 3. The monoisotopic (exact) mass is 242 g/mol. The first kappa shape index (κ1) is 13.5. The molecule has 2 amide bonds. The Kier molecular flexibility index (Phi) is 2.94. The van der Waals surface area contributed by atoms with Crippen molar-refractivity contribution in [3.05, 3.63) is 0 Å². The summed E-state index contributed by atoms with van der Waals surface area (Å²) in [5, 5.41) is 11.4. The van der Waals surface area contributed by atoms with E-state index < -0.39 is 40.6 Å². The van der Waals surface area contributed by atoms with Crippen LogP contribution < -0.4 is 11.1 Å². The van der Waals surface area contributed by atoms with Crippen molar-refractivity contribution >= 4 is 17.8 Å². The van der Waals surface area contributed by atoms with Crippen LogP contribution in [-0.2, 0) is 14.4 Å². The molecule has 0 heterocycles. The van der Waals surface area contributed by atoms with Crippen LogP contribution >= 0.6 is 0 Å². The highest BCUT2D eigenvalue weighted by molar-refractivity contribution is 5.95. The zero-order valence-corrected chi connectivity index (χ0v) is 10.4. The molecule has 1 saturated carbocycles. The second-order valence-electron chi connectivity index (χ2n) is 5.59. The van der Waals surface area contributed by atoms with Crippen molar-refractivity contribution in [3.63, 3.8) is 0 Å². The lowest BCUT2D eigenvalue weighted by molar-refractivity contribution is -0.140. The summed E-state index contributed by atoms with van der Waals surface area (Å²) in [4.78, 5) is 33.9. The predicted octanol–water partition coefficient (Wildman–Crippen LogP) is -0.277. The molecule has 2 atom stereocenters. The summed E-state index contributed by atoms with van der Waals surface area (Å²) in [7, 11) is 0. The van der Waals surface area contributed by atoms with Gasteiger partial charge in [0, 0.05) is 0 Å². The summed E-state index contributed by atoms with van der Waals surface area (Å²) in [5.74, 6) is -3.40. The Labute approximate surface area is 99.6 Å². The number of hydrogen-bond acceptors (Lipinski definition) is 3. The molecule has 0 bridgehead atoms. The van der Waals surface area contributed by atoms with E-state index in [-0.39, 0.29) is 0 Å². The van der Waals surface area contributed by atoms with Gasteiger partial charge in [-0.15, -0.1) is 0 Å². The van der Waals surface area contributed by atoms with E-state index in [0.717, 1.165) is 0 Å². The molecular formula is C11H18N2O4. The summed E-state index contributed by atoms with van der Waals surface area (Å²) in [6.07, 6.45) is 0. The first-order valence-electron chi connectivity index (χ1n) is 5.36. The van der Waals surface area contributed by atoms with Crippen LogP contribution in [0.3, 0.4) is 0 Å². The second-order valence-corrected chi connectivity index (χ2v) is 5.59. The third kappa shape index (κ3) is 2.25. The lowest BCUT2D eigenvalue weighted by atomic mass is 10.0. The van der Waals surface area contributed by atoms with Gasteiger partial charge in [-0.3, -0.25) is 14.4 Å². The minimum Gasteiger partial charge on any atom is -0.481 e. The summed E-state index contributed by atoms with van der Waals surface area (Å²) < 4.78 is 0. The van der Waals surface area contributed by atoms with Crippen molar-refractivity contribution in [2.75, 3.05) is 0 Å². The van der Waals surface area contributed by atoms with Gasteiger partial charge in [-0.1, -0.05) is 13.8 Å². The number of carbonyl (C=O) groups excluding carboxylic acids is 2. The van der Waals surface area contributed by atoms with Gasteiger partial charge in [-0.2, -0.15) is 0 Å². The van der Waals surface area contributed by atoms with Gasteiger partial charge < -0.3 is 16.2 Å². The summed E-state index contributed by atoms with van der Waals surface area (Å²) in [6, 6.07) is 0. The minimum atomic E-state index is -1.17. The summed E-state index contributed by atoms with van der Waals surface area (Å²) >= 11 is 0. The number of amides is 2. The molecule has 17 heavy (non-hydrogen) atoms. The highest BCUT2D eigenvalue weighted by Crippen LogP contribution is 2.58. The third-order valence-corrected chi connectivity index (χ3v) is 3.43. The van der Waals surface area contributed by atoms with Gasteiger partial charge in [0.15, 0.2) is 0 Å². The van der Waals surface area contributed by atoms with Crippen molar-refractivity contribution in [1.29, 1.82) is 0 Å². The Morgan fingerprint density at radius 2 is 1.71 bits per heavy atom. The van der Waals surface area contributed by atoms with Crippen molar-refractivity contribution in [2.24, 2.45) is 23.0 Å². The van der Waals surface area contributed by atoms with Gasteiger partial charge in [0.2, 0.25) is 11.8 Å². The van der Waals surface area contributed by atoms with E-state index in [0.29, 0.717) is 0 Å². The van der Waals surface area contributed by atoms with Crippen molar-refractivity contribution in [3.8, 4) is 0 Å². The van der Waals surface area contributed by atoms with Gasteiger partial charge in [0.25, 0.3) is 0 Å². The molecule has 0 spiro atoms. The van der Waals surface area contributed by atoms with Gasteiger partial charge >= 0.3 is 5.97 Å². The molecular weight excluding hydrogens is 224 g/mol. The van der Waals surface area contributed by atoms with Crippen LogP contribution in [0.5, 0.6) is 0 Å². The van der Waals surface area contributed by atoms with E-state index in [4.69, 9.17) is 10.8 Å². The number of nitrogens with two attached hydrogens (primary N) is 1. The maximum atomic E-state index is 11.9. The third-order valence-electron chi connectivity index (χ3n) is 3.43. The molecule has 0 aromatic carbocycles. The lowest BCUT2D eigenvalue weighted by Crippen LogP contribution is -2.53. The number of aliphatic carboxylic acids is 1. The Bertz CT molecular complexity index is 387. The van der Waals surface area contributed by atoms with Crippen molar-refractivity contribution < 1.29 is 19.5 Å². The average Bonchev–Trinajstić information content (AvgIpc) is 2.67. The second kappa shape index (κ2) is 3.72. The lowest BCUT2D eigenvalue weighted by Gasteiger charge is -2.22. The summed E-state index contributed by atoms with van der Waals surface area (Å²) in [5.41, 5.74) is 3.38. The van der Waals surface area contributed by atoms with Gasteiger partial charge in [0.1, 0.15) is 5.54 Å². The fourth-order valence-corrected chi connectivity index (χ4v) is 2.04. The maximum Gasteiger partial charge on any atom is 0.307 e. The Morgan fingerprint density at radius 1 is 1.24 bits per heavy atom. The Morgan fingerprint density at radius 3 is 2.00 bits per heavy atom. The molecule has 0 saturated heterocycles. The quantitative estimate of drug-likeness (QED) is 0.630. The molecule has 2 unspecified atom stereocenters. The van der Waals surface area contributed by atoms with Gasteiger partial charge in [-0.05, 0) is 19.3 Å². The topological polar surface area (TPSA) is 109 Å². The standard InChI is InChI=1S/C11H18N2O4/c1-10(2)5(6(10)8(15)16)7(14)13-11(3,4)9(12)17/h5-6H,1-4H3,(H2,12,17)(H,13,14)(H,15,16). The van der Waals surface area contributed by atoms with E-state index in [1.165, 1.54) is 13.8 Å². The van der Waals surface area contributed by atoms with Crippen LogP contribution in [0, 0.1) is 17.3 Å². The zero-order chi connectivity index (χ0) is 13.6. The minimum absolute atomic E-state index is 0.439. The van der Waals surface area contributed by atoms with E-state index >= 15 is 0 Å². The van der Waals surface area contributed by atoms with Gasteiger partial charge in [-0.25, -0.2) is 0 Å². The van der Waals surface area contributed by atoms with Crippen molar-refractivity contribution in [2.45, 2.75) is 33.2 Å². The normalized spacial score (nSPS) is 26.1. The molecule has 0 radical (unpaired) electrons. The highest BCUT2D eigenvalue weighted by atomic mass is 16.4. The number of hydrogen-bond donors (Lipinski definition) is 3. The maximum absolute atomic E-state index is 11.9. The molecule has 0 aromatic heterocycles. The van der Waals surface area contributed by atoms with E-state index in [1.807, 2.05) is 0 Å². The molecule has 6 heteroatoms. The smallest absolute Gasteiger partial charge is 0.307 e.